The molecular formula is C30H37F3N4O6. The third-order valence-electron chi connectivity index (χ3n) is 7.77. The summed E-state index contributed by atoms with van der Waals surface area (Å²) in [5.41, 5.74) is 7.79. The smallest absolute Gasteiger partial charge is 0.475 e. The molecule has 2 saturated heterocycles. The molecule has 2 heterocycles. The topological polar surface area (TPSA) is 162 Å². The molecule has 13 heteroatoms. The van der Waals surface area contributed by atoms with E-state index in [1.54, 1.807) is 11.8 Å². The molecule has 43 heavy (non-hydrogen) atoms. The van der Waals surface area contributed by atoms with Crippen LogP contribution in [0.5, 0.6) is 0 Å². The number of carboxylic acids is 1. The average molecular weight is 607 g/mol. The van der Waals surface area contributed by atoms with E-state index < -0.39 is 42.1 Å². The molecule has 2 aromatic rings. The number of aliphatic carboxylic acids is 1. The van der Waals surface area contributed by atoms with Gasteiger partial charge in [0.2, 0.25) is 17.7 Å². The van der Waals surface area contributed by atoms with Crippen molar-refractivity contribution in [2.24, 2.45) is 11.7 Å². The predicted octanol–water partition coefficient (Wildman–Crippen LogP) is 2.51. The van der Waals surface area contributed by atoms with Gasteiger partial charge in [0.1, 0.15) is 12.1 Å². The molecule has 0 aliphatic carbocycles. The summed E-state index contributed by atoms with van der Waals surface area (Å²) < 4.78 is 31.7. The van der Waals surface area contributed by atoms with Gasteiger partial charge in [-0.05, 0) is 43.2 Å². The van der Waals surface area contributed by atoms with E-state index in [2.05, 4.69) is 10.6 Å². The van der Waals surface area contributed by atoms with Gasteiger partial charge < -0.3 is 31.5 Å². The molecule has 234 valence electrons. The molecule has 5 atom stereocenters. The van der Waals surface area contributed by atoms with Crippen LogP contribution in [0.15, 0.2) is 60.7 Å². The van der Waals surface area contributed by atoms with Crippen molar-refractivity contribution in [2.45, 2.75) is 75.4 Å². The molecule has 0 spiro atoms. The molecule has 2 aromatic carbocycles. The molecule has 0 saturated carbocycles. The molecule has 0 aromatic heterocycles. The van der Waals surface area contributed by atoms with Crippen molar-refractivity contribution in [3.63, 3.8) is 0 Å². The van der Waals surface area contributed by atoms with Crippen LogP contribution >= 0.6 is 0 Å². The second kappa shape index (κ2) is 15.0. The Balaban J connectivity index is 0.000000646. The minimum absolute atomic E-state index is 0.101. The minimum atomic E-state index is -5.08. The number of hydrogen-bond acceptors (Lipinski definition) is 6. The number of carbonyl (C=O) groups excluding carboxylic acids is 3. The second-order valence-electron chi connectivity index (χ2n) is 10.6. The fourth-order valence-corrected chi connectivity index (χ4v) is 5.40. The van der Waals surface area contributed by atoms with Gasteiger partial charge in [-0.2, -0.15) is 13.2 Å². The van der Waals surface area contributed by atoms with Gasteiger partial charge >= 0.3 is 12.1 Å². The molecule has 2 aliphatic heterocycles. The maximum Gasteiger partial charge on any atom is 0.490 e. The van der Waals surface area contributed by atoms with Crippen molar-refractivity contribution in [2.75, 3.05) is 6.61 Å². The van der Waals surface area contributed by atoms with Gasteiger partial charge in [0.15, 0.2) is 0 Å². The summed E-state index contributed by atoms with van der Waals surface area (Å²) in [5, 5.41) is 23.1. The average Bonchev–Trinajstić information content (AvgIpc) is 3.38. The van der Waals surface area contributed by atoms with Crippen molar-refractivity contribution in [1.82, 2.24) is 15.5 Å². The van der Waals surface area contributed by atoms with Crippen LogP contribution in [-0.2, 0) is 19.2 Å². The van der Waals surface area contributed by atoms with E-state index >= 15 is 0 Å². The lowest BCUT2D eigenvalue weighted by Gasteiger charge is -2.33. The van der Waals surface area contributed by atoms with E-state index in [-0.39, 0.29) is 30.5 Å². The predicted molar refractivity (Wildman–Crippen MR) is 150 cm³/mol. The maximum absolute atomic E-state index is 13.8. The number of carbonyl (C=O) groups is 4. The molecule has 10 nitrogen and oxygen atoms in total. The highest BCUT2D eigenvalue weighted by Gasteiger charge is 2.47. The summed E-state index contributed by atoms with van der Waals surface area (Å²) in [6.07, 6.45) is -2.13. The highest BCUT2D eigenvalue weighted by molar-refractivity contribution is 5.94. The van der Waals surface area contributed by atoms with Gasteiger partial charge in [0, 0.05) is 18.6 Å². The molecular weight excluding hydrogens is 569 g/mol. The third-order valence-corrected chi connectivity index (χ3v) is 7.77. The summed E-state index contributed by atoms with van der Waals surface area (Å²) >= 11 is 0. The van der Waals surface area contributed by atoms with Gasteiger partial charge in [0.05, 0.1) is 12.1 Å². The molecule has 0 bridgehead atoms. The molecule has 2 fully saturated rings. The lowest BCUT2D eigenvalue weighted by Crippen LogP contribution is -2.58. The summed E-state index contributed by atoms with van der Waals surface area (Å²) in [4.78, 5) is 50.6. The van der Waals surface area contributed by atoms with Crippen LogP contribution in [0.4, 0.5) is 13.2 Å². The third kappa shape index (κ3) is 8.54. The zero-order valence-corrected chi connectivity index (χ0v) is 23.7. The Bertz CT molecular complexity index is 1210. The maximum atomic E-state index is 13.8. The zero-order chi connectivity index (χ0) is 31.7. The van der Waals surface area contributed by atoms with E-state index in [0.29, 0.717) is 32.1 Å². The number of nitrogens with one attached hydrogen (secondary N) is 2. The number of rotatable bonds is 8. The Morgan fingerprint density at radius 2 is 1.49 bits per heavy atom. The summed E-state index contributed by atoms with van der Waals surface area (Å²) in [6, 6.07) is 16.8. The molecule has 0 unspecified atom stereocenters. The van der Waals surface area contributed by atoms with Crippen LogP contribution < -0.4 is 16.4 Å². The number of nitrogens with zero attached hydrogens (tertiary/aromatic N) is 1. The van der Waals surface area contributed by atoms with Crippen molar-refractivity contribution < 1.29 is 42.6 Å². The van der Waals surface area contributed by atoms with Crippen molar-refractivity contribution in [1.29, 1.82) is 0 Å². The van der Waals surface area contributed by atoms with Crippen molar-refractivity contribution in [3.8, 4) is 0 Å². The number of fused-ring (bicyclic) bond motifs is 1. The Morgan fingerprint density at radius 3 is 1.95 bits per heavy atom. The van der Waals surface area contributed by atoms with E-state index in [1.807, 2.05) is 60.7 Å². The van der Waals surface area contributed by atoms with Crippen LogP contribution in [0.1, 0.15) is 56.2 Å². The fraction of sp³-hybridized carbons (Fsp3) is 0.467. The Kier molecular flexibility index (Phi) is 11.7. The van der Waals surface area contributed by atoms with Crippen LogP contribution in [-0.4, -0.2) is 75.8 Å². The quantitative estimate of drug-likeness (QED) is 0.308. The largest absolute Gasteiger partial charge is 0.490 e. The lowest BCUT2D eigenvalue weighted by atomic mass is 9.93. The van der Waals surface area contributed by atoms with E-state index in [0.717, 1.165) is 11.1 Å². The first-order valence-electron chi connectivity index (χ1n) is 14.1. The van der Waals surface area contributed by atoms with Gasteiger partial charge in [-0.25, -0.2) is 4.79 Å². The number of halogens is 3. The number of benzene rings is 2. The van der Waals surface area contributed by atoms with Gasteiger partial charge in [-0.1, -0.05) is 67.6 Å². The second-order valence-corrected chi connectivity index (χ2v) is 10.6. The number of nitrogens with two attached hydrogens (primary N) is 1. The summed E-state index contributed by atoms with van der Waals surface area (Å²) in [5.74, 6) is -4.13. The number of hydrogen-bond donors (Lipinski definition) is 5. The molecule has 3 amide bonds. The Morgan fingerprint density at radius 1 is 0.977 bits per heavy atom. The lowest BCUT2D eigenvalue weighted by molar-refractivity contribution is -0.192. The summed E-state index contributed by atoms with van der Waals surface area (Å²) in [7, 11) is 0. The highest BCUT2D eigenvalue weighted by Crippen LogP contribution is 2.34. The monoisotopic (exact) mass is 606 g/mol. The molecule has 6 N–H and O–H groups in total. The standard InChI is InChI=1S/C28H36N4O4.C2HF3O2/c1-2-22(29)26(34)31-25-20(17-33)13-14-21-15-16-23(32(21)28(25)36)27(35)30-24(18-9-5-3-6-10-18)19-11-7-4-8-12-19;3-2(4,5)1(6)7/h3-12,20-25,33H,2,13-17,29H2,1H3,(H,30,35)(H,31,34);(H,6,7)/t20-,21+,22+,23+,25+;/m1./s1. The first-order valence-corrected chi connectivity index (χ1v) is 14.1. The van der Waals surface area contributed by atoms with Gasteiger partial charge in [-0.3, -0.25) is 14.4 Å². The number of alkyl halides is 3. The van der Waals surface area contributed by atoms with Crippen molar-refractivity contribution in [3.05, 3.63) is 71.8 Å². The number of amides is 3. The normalized spacial score (nSPS) is 22.5. The van der Waals surface area contributed by atoms with Gasteiger partial charge in [0.25, 0.3) is 0 Å². The summed E-state index contributed by atoms with van der Waals surface area (Å²) in [6.45, 7) is 1.58. The van der Waals surface area contributed by atoms with Crippen LogP contribution in [0.2, 0.25) is 0 Å². The van der Waals surface area contributed by atoms with Crippen LogP contribution in [0.3, 0.4) is 0 Å². The minimum Gasteiger partial charge on any atom is -0.475 e. The van der Waals surface area contributed by atoms with E-state index in [4.69, 9.17) is 15.6 Å². The molecule has 4 rings (SSSR count). The number of aliphatic hydroxyl groups is 1. The zero-order valence-electron chi connectivity index (χ0n) is 23.7. The van der Waals surface area contributed by atoms with E-state index in [9.17, 15) is 32.7 Å². The fourth-order valence-electron chi connectivity index (χ4n) is 5.40. The Hall–Kier alpha value is -3.97. The van der Waals surface area contributed by atoms with Crippen molar-refractivity contribution >= 4 is 23.7 Å². The van der Waals surface area contributed by atoms with Gasteiger partial charge in [-0.15, -0.1) is 0 Å². The SMILES string of the molecule is CC[C@H](N)C(=O)N[C@@H]1C(=O)N2[C@@H](CC[C@@H]1CO)CC[C@H]2C(=O)NC(c1ccccc1)c1ccccc1.O=C(O)C(F)(F)F. The van der Waals surface area contributed by atoms with E-state index in [1.165, 1.54) is 0 Å². The number of aliphatic hydroxyl groups excluding tert-OH is 1. The van der Waals surface area contributed by atoms with Crippen LogP contribution in [0, 0.1) is 5.92 Å². The Labute approximate surface area is 247 Å². The molecule has 0 radical (unpaired) electrons. The number of carboxylic acid groups (broad SMARTS) is 1. The first-order chi connectivity index (χ1) is 20.4. The highest BCUT2D eigenvalue weighted by atomic mass is 19.4. The first kappa shape index (κ1) is 33.5. The van der Waals surface area contributed by atoms with Crippen LogP contribution in [0.25, 0.3) is 0 Å². The molecule has 2 aliphatic rings.